The van der Waals surface area contributed by atoms with Gasteiger partial charge >= 0.3 is 0 Å². The summed E-state index contributed by atoms with van der Waals surface area (Å²) in [7, 11) is -0.778. The van der Waals surface area contributed by atoms with Crippen molar-refractivity contribution in [3.8, 4) is 11.8 Å². The maximum atomic E-state index is 15.4. The largest absolute Gasteiger partial charge is 0.496 e. The second kappa shape index (κ2) is 12.7. The summed E-state index contributed by atoms with van der Waals surface area (Å²) in [5, 5.41) is 9.67. The summed E-state index contributed by atoms with van der Waals surface area (Å²) in [6, 6.07) is 17.7. The van der Waals surface area contributed by atoms with Crippen LogP contribution in [0.3, 0.4) is 0 Å². The highest BCUT2D eigenvalue weighted by Gasteiger charge is 2.62. The third-order valence-corrected chi connectivity index (χ3v) is 11.6. The molecule has 3 aliphatic heterocycles. The lowest BCUT2D eigenvalue weighted by Crippen LogP contribution is -2.54. The average molecular weight is 687 g/mol. The Morgan fingerprint density at radius 2 is 1.81 bits per heavy atom. The standard InChI is InChI=1S/C35H35ClN6O5S/c1-39-15-17-40(18-16-39)23-25-7-11-28(32(20-25)46-2)35(41-14-3-4-31(41)33-38-13-19-47-33)29-21-26(36)8-12-30(29)42(34(35)43)48(44,45)27-9-5-24(22-37)6-10-27/h5-13,19-21,31H,3-4,14-18,23H2,1-2H3/t31-,35?/m0/s1. The number of likely N-dealkylation sites (N-methyl/N-ethyl adjacent to an activating group) is 1. The number of carbonyl (C=O) groups is 1. The minimum atomic E-state index is -4.46. The molecule has 1 unspecified atom stereocenters. The first-order chi connectivity index (χ1) is 23.2. The Labute approximate surface area is 284 Å². The number of benzene rings is 3. The molecule has 0 bridgehead atoms. The number of halogens is 1. The zero-order chi connectivity index (χ0) is 33.6. The maximum Gasteiger partial charge on any atom is 0.271 e. The first kappa shape index (κ1) is 32.3. The molecule has 0 spiro atoms. The zero-order valence-electron chi connectivity index (χ0n) is 26.7. The van der Waals surface area contributed by atoms with Gasteiger partial charge < -0.3 is 14.1 Å². The number of fused-ring (bicyclic) bond motifs is 1. The summed E-state index contributed by atoms with van der Waals surface area (Å²) in [6.45, 7) is 4.97. The number of methoxy groups -OCH3 is 1. The monoisotopic (exact) mass is 686 g/mol. The van der Waals surface area contributed by atoms with E-state index in [4.69, 9.17) is 20.8 Å². The van der Waals surface area contributed by atoms with Crippen LogP contribution in [0.5, 0.6) is 5.75 Å². The van der Waals surface area contributed by atoms with Gasteiger partial charge in [-0.1, -0.05) is 23.7 Å². The molecule has 48 heavy (non-hydrogen) atoms. The number of carbonyl (C=O) groups excluding carboxylic acids is 1. The summed E-state index contributed by atoms with van der Waals surface area (Å²) < 4.78 is 41.7. The summed E-state index contributed by atoms with van der Waals surface area (Å²) >= 11 is 6.66. The topological polar surface area (TPSA) is 123 Å². The van der Waals surface area contributed by atoms with Crippen molar-refractivity contribution in [2.24, 2.45) is 0 Å². The van der Waals surface area contributed by atoms with Crippen molar-refractivity contribution in [1.29, 1.82) is 5.26 Å². The number of aromatic nitrogens is 1. The molecule has 4 heterocycles. The fourth-order valence-corrected chi connectivity index (χ4v) is 8.94. The van der Waals surface area contributed by atoms with Crippen LogP contribution in [0.15, 0.2) is 82.4 Å². The van der Waals surface area contributed by atoms with Crippen molar-refractivity contribution in [1.82, 2.24) is 19.7 Å². The van der Waals surface area contributed by atoms with Crippen molar-refractivity contribution in [3.05, 3.63) is 106 Å². The number of hydrogen-bond donors (Lipinski definition) is 0. The number of anilines is 1. The summed E-state index contributed by atoms with van der Waals surface area (Å²) in [5.74, 6) is 0.201. The molecule has 3 aliphatic rings. The Kier molecular flexibility index (Phi) is 8.51. The third-order valence-electron chi connectivity index (χ3n) is 9.66. The van der Waals surface area contributed by atoms with Gasteiger partial charge in [0, 0.05) is 55.4 Å². The fraction of sp³-hybridized carbons (Fsp3) is 0.343. The van der Waals surface area contributed by atoms with E-state index in [-0.39, 0.29) is 10.6 Å². The highest BCUT2D eigenvalue weighted by molar-refractivity contribution is 7.93. The maximum absolute atomic E-state index is 15.4. The van der Waals surface area contributed by atoms with Crippen molar-refractivity contribution in [3.63, 3.8) is 0 Å². The third kappa shape index (κ3) is 5.27. The quantitative estimate of drug-likeness (QED) is 0.256. The van der Waals surface area contributed by atoms with Crippen LogP contribution in [0.4, 0.5) is 5.69 Å². The lowest BCUT2D eigenvalue weighted by Gasteiger charge is -2.41. The van der Waals surface area contributed by atoms with Crippen LogP contribution in [0.2, 0.25) is 5.02 Å². The van der Waals surface area contributed by atoms with Crippen molar-refractivity contribution in [2.75, 3.05) is 51.2 Å². The van der Waals surface area contributed by atoms with Gasteiger partial charge in [-0.05, 0) is 74.0 Å². The van der Waals surface area contributed by atoms with E-state index < -0.39 is 27.5 Å². The smallest absolute Gasteiger partial charge is 0.271 e. The van der Waals surface area contributed by atoms with E-state index in [1.165, 1.54) is 30.5 Å². The predicted octanol–water partition coefficient (Wildman–Crippen LogP) is 4.77. The minimum absolute atomic E-state index is 0.119. The van der Waals surface area contributed by atoms with E-state index >= 15 is 4.79 Å². The molecule has 2 fully saturated rings. The molecule has 7 rings (SSSR count). The van der Waals surface area contributed by atoms with Gasteiger partial charge in [-0.3, -0.25) is 14.6 Å². The van der Waals surface area contributed by atoms with E-state index in [9.17, 15) is 13.7 Å². The van der Waals surface area contributed by atoms with Crippen LogP contribution < -0.4 is 9.04 Å². The number of likely N-dealkylation sites (tertiary alicyclic amines) is 1. The number of oxazole rings is 1. The molecule has 0 saturated carbocycles. The number of sulfonamides is 1. The van der Waals surface area contributed by atoms with Gasteiger partial charge in [0.05, 0.1) is 41.6 Å². The van der Waals surface area contributed by atoms with Gasteiger partial charge in [0.2, 0.25) is 5.89 Å². The lowest BCUT2D eigenvalue weighted by atomic mass is 9.80. The zero-order valence-corrected chi connectivity index (χ0v) is 28.2. The molecule has 248 valence electrons. The molecule has 1 amide bonds. The van der Waals surface area contributed by atoms with Crippen LogP contribution in [-0.4, -0.2) is 80.9 Å². The van der Waals surface area contributed by atoms with Gasteiger partial charge in [-0.25, -0.2) is 17.7 Å². The van der Waals surface area contributed by atoms with Gasteiger partial charge in [0.25, 0.3) is 15.9 Å². The molecule has 3 aromatic carbocycles. The second-order valence-corrected chi connectivity index (χ2v) is 14.6. The molecule has 11 nitrogen and oxygen atoms in total. The normalized spacial score (nSPS) is 22.2. The van der Waals surface area contributed by atoms with Gasteiger partial charge in [-0.2, -0.15) is 5.26 Å². The Morgan fingerprint density at radius 3 is 2.50 bits per heavy atom. The number of nitriles is 1. The van der Waals surface area contributed by atoms with Gasteiger partial charge in [0.15, 0.2) is 5.54 Å². The highest BCUT2D eigenvalue weighted by Crippen LogP contribution is 2.56. The number of ether oxygens (including phenoxy) is 1. The number of rotatable bonds is 8. The van der Waals surface area contributed by atoms with Gasteiger partial charge in [-0.15, -0.1) is 0 Å². The summed E-state index contributed by atoms with van der Waals surface area (Å²) in [5.41, 5.74) is 0.746. The van der Waals surface area contributed by atoms with E-state index in [0.29, 0.717) is 59.3 Å². The Morgan fingerprint density at radius 1 is 1.04 bits per heavy atom. The Bertz CT molecular complexity index is 1990. The number of amides is 1. The predicted molar refractivity (Wildman–Crippen MR) is 179 cm³/mol. The van der Waals surface area contributed by atoms with Crippen LogP contribution in [0.1, 0.15) is 47.0 Å². The molecular formula is C35H35ClN6O5S. The summed E-state index contributed by atoms with van der Waals surface area (Å²) in [6.07, 6.45) is 4.41. The van der Waals surface area contributed by atoms with E-state index in [2.05, 4.69) is 21.8 Å². The number of hydrogen-bond acceptors (Lipinski definition) is 10. The minimum Gasteiger partial charge on any atom is -0.496 e. The summed E-state index contributed by atoms with van der Waals surface area (Å²) in [4.78, 5) is 26.4. The molecular weight excluding hydrogens is 652 g/mol. The number of nitrogens with zero attached hydrogens (tertiary/aromatic N) is 6. The average Bonchev–Trinajstić information content (AvgIpc) is 3.85. The van der Waals surface area contributed by atoms with Crippen LogP contribution >= 0.6 is 11.6 Å². The SMILES string of the molecule is COc1cc(CN2CCN(C)CC2)ccc1C1(N2CCC[C@H]2c2ncco2)C(=O)N(S(=O)(=O)c2ccc(C#N)cc2)c2ccc(Cl)cc21. The fourth-order valence-electron chi connectivity index (χ4n) is 7.31. The first-order valence-electron chi connectivity index (χ1n) is 15.8. The molecule has 0 N–H and O–H groups in total. The number of piperazine rings is 1. The molecule has 2 saturated heterocycles. The first-order valence-corrected chi connectivity index (χ1v) is 17.6. The molecule has 1 aromatic heterocycles. The Hall–Kier alpha value is -4.25. The van der Waals surface area contributed by atoms with Crippen molar-refractivity contribution in [2.45, 2.75) is 35.9 Å². The van der Waals surface area contributed by atoms with Crippen LogP contribution in [0.25, 0.3) is 0 Å². The molecule has 2 atom stereocenters. The van der Waals surface area contributed by atoms with Crippen molar-refractivity contribution >= 4 is 33.2 Å². The van der Waals surface area contributed by atoms with E-state index in [1.54, 1.807) is 31.5 Å². The second-order valence-electron chi connectivity index (χ2n) is 12.4. The molecule has 13 heteroatoms. The molecule has 4 aromatic rings. The Balaban J connectivity index is 1.43. The van der Waals surface area contributed by atoms with Gasteiger partial charge in [0.1, 0.15) is 12.0 Å². The molecule has 0 radical (unpaired) electrons. The lowest BCUT2D eigenvalue weighted by molar-refractivity contribution is -0.127. The van der Waals surface area contributed by atoms with E-state index in [1.807, 2.05) is 29.2 Å². The molecule has 0 aliphatic carbocycles. The van der Waals surface area contributed by atoms with Crippen molar-refractivity contribution < 1.29 is 22.4 Å². The van der Waals surface area contributed by atoms with Crippen LogP contribution in [0, 0.1) is 11.3 Å². The highest BCUT2D eigenvalue weighted by atomic mass is 35.5. The van der Waals surface area contributed by atoms with Crippen LogP contribution in [-0.2, 0) is 26.9 Å². The van der Waals surface area contributed by atoms with E-state index in [0.717, 1.165) is 36.0 Å².